The molecule has 0 aromatic carbocycles. The molecule has 0 unspecified atom stereocenters. The summed E-state index contributed by atoms with van der Waals surface area (Å²) in [5, 5.41) is 9.00. The number of carboxylic acids is 1. The molecule has 0 saturated heterocycles. The average Bonchev–Trinajstić information content (AvgIpc) is 3.07. The standard InChI is InChI=1S/C14H22N2O4S2/c1-10-9-12(21-13(10)14(17)18)22(19,20)15-7-8-16(2)11-5-3-4-6-11/h9,11,15H,3-8H2,1-2H3,(H,17,18). The van der Waals surface area contributed by atoms with Crippen molar-refractivity contribution in [3.05, 3.63) is 16.5 Å². The topological polar surface area (TPSA) is 86.7 Å². The van der Waals surface area contributed by atoms with Gasteiger partial charge in [0.25, 0.3) is 0 Å². The summed E-state index contributed by atoms with van der Waals surface area (Å²) in [4.78, 5) is 13.3. The minimum atomic E-state index is -3.64. The van der Waals surface area contributed by atoms with Crippen molar-refractivity contribution in [3.8, 4) is 0 Å². The zero-order valence-electron chi connectivity index (χ0n) is 12.8. The number of aryl methyl sites for hydroxylation is 1. The quantitative estimate of drug-likeness (QED) is 0.787. The molecule has 2 N–H and O–H groups in total. The first-order chi connectivity index (χ1) is 10.3. The van der Waals surface area contributed by atoms with Gasteiger partial charge in [0.05, 0.1) is 0 Å². The Labute approximate surface area is 135 Å². The molecule has 0 bridgehead atoms. The maximum atomic E-state index is 12.2. The summed E-state index contributed by atoms with van der Waals surface area (Å²) in [6.07, 6.45) is 4.84. The van der Waals surface area contributed by atoms with Crippen LogP contribution < -0.4 is 4.72 Å². The number of rotatable bonds is 7. The van der Waals surface area contributed by atoms with Gasteiger partial charge in [0.15, 0.2) is 0 Å². The minimum Gasteiger partial charge on any atom is -0.477 e. The van der Waals surface area contributed by atoms with Crippen molar-refractivity contribution < 1.29 is 18.3 Å². The lowest BCUT2D eigenvalue weighted by atomic mass is 10.2. The highest BCUT2D eigenvalue weighted by atomic mass is 32.2. The lowest BCUT2D eigenvalue weighted by molar-refractivity contribution is 0.0701. The summed E-state index contributed by atoms with van der Waals surface area (Å²) in [5.41, 5.74) is 0.473. The van der Waals surface area contributed by atoms with Crippen LogP contribution in [0.25, 0.3) is 0 Å². The van der Waals surface area contributed by atoms with Gasteiger partial charge in [0.1, 0.15) is 9.09 Å². The predicted molar refractivity (Wildman–Crippen MR) is 86.1 cm³/mol. The fraction of sp³-hybridized carbons (Fsp3) is 0.643. The van der Waals surface area contributed by atoms with Crippen LogP contribution >= 0.6 is 11.3 Å². The Kier molecular flexibility index (Phi) is 5.60. The Balaban J connectivity index is 1.93. The molecule has 1 aromatic heterocycles. The number of carboxylic acid groups (broad SMARTS) is 1. The van der Waals surface area contributed by atoms with Gasteiger partial charge in [-0.05, 0) is 38.4 Å². The lowest BCUT2D eigenvalue weighted by Crippen LogP contribution is -2.37. The van der Waals surface area contributed by atoms with Crippen LogP contribution in [-0.2, 0) is 10.0 Å². The number of likely N-dealkylation sites (N-methyl/N-ethyl adjacent to an activating group) is 1. The van der Waals surface area contributed by atoms with Crippen LogP contribution in [0.1, 0.15) is 40.9 Å². The second-order valence-electron chi connectivity index (χ2n) is 5.70. The summed E-state index contributed by atoms with van der Waals surface area (Å²) in [7, 11) is -1.62. The summed E-state index contributed by atoms with van der Waals surface area (Å²) in [6.45, 7) is 2.58. The van der Waals surface area contributed by atoms with Crippen molar-refractivity contribution in [2.24, 2.45) is 0 Å². The number of nitrogens with zero attached hydrogens (tertiary/aromatic N) is 1. The van der Waals surface area contributed by atoms with E-state index in [9.17, 15) is 13.2 Å². The first-order valence-corrected chi connectivity index (χ1v) is 9.65. The lowest BCUT2D eigenvalue weighted by Gasteiger charge is -2.23. The van der Waals surface area contributed by atoms with Gasteiger partial charge >= 0.3 is 5.97 Å². The van der Waals surface area contributed by atoms with Crippen molar-refractivity contribution in [2.75, 3.05) is 20.1 Å². The smallest absolute Gasteiger partial charge is 0.346 e. The second kappa shape index (κ2) is 7.08. The number of carbonyl (C=O) groups is 1. The predicted octanol–water partition coefficient (Wildman–Crippen LogP) is 1.91. The molecule has 1 aliphatic rings. The summed E-state index contributed by atoms with van der Waals surface area (Å²) in [6, 6.07) is 1.96. The Morgan fingerprint density at radius 3 is 2.64 bits per heavy atom. The molecule has 0 amide bonds. The Morgan fingerprint density at radius 2 is 2.09 bits per heavy atom. The van der Waals surface area contributed by atoms with Crippen LogP contribution in [0.5, 0.6) is 0 Å². The number of aromatic carboxylic acids is 1. The molecule has 1 aliphatic carbocycles. The van der Waals surface area contributed by atoms with Crippen LogP contribution in [0.4, 0.5) is 0 Å². The molecule has 1 fully saturated rings. The molecule has 0 aliphatic heterocycles. The molecule has 1 aromatic rings. The third-order valence-electron chi connectivity index (χ3n) is 4.06. The fourth-order valence-corrected chi connectivity index (χ4v) is 5.20. The molecule has 1 saturated carbocycles. The van der Waals surface area contributed by atoms with Crippen LogP contribution in [0.15, 0.2) is 10.3 Å². The third-order valence-corrected chi connectivity index (χ3v) is 7.22. The molecule has 0 radical (unpaired) electrons. The molecule has 2 rings (SSSR count). The molecule has 6 nitrogen and oxygen atoms in total. The highest BCUT2D eigenvalue weighted by Crippen LogP contribution is 2.26. The van der Waals surface area contributed by atoms with Crippen molar-refractivity contribution in [1.82, 2.24) is 9.62 Å². The SMILES string of the molecule is Cc1cc(S(=O)(=O)NCCN(C)C2CCCC2)sc1C(=O)O. The highest BCUT2D eigenvalue weighted by Gasteiger charge is 2.23. The first kappa shape index (κ1) is 17.4. The summed E-state index contributed by atoms with van der Waals surface area (Å²) >= 11 is 0.795. The highest BCUT2D eigenvalue weighted by molar-refractivity contribution is 7.91. The van der Waals surface area contributed by atoms with E-state index in [1.165, 1.54) is 31.7 Å². The van der Waals surface area contributed by atoms with Gasteiger partial charge in [-0.2, -0.15) is 0 Å². The van der Waals surface area contributed by atoms with E-state index < -0.39 is 16.0 Å². The van der Waals surface area contributed by atoms with Gasteiger partial charge in [-0.25, -0.2) is 17.9 Å². The molecular weight excluding hydrogens is 324 g/mol. The maximum absolute atomic E-state index is 12.2. The third kappa shape index (κ3) is 4.07. The monoisotopic (exact) mass is 346 g/mol. The van der Waals surface area contributed by atoms with E-state index in [2.05, 4.69) is 9.62 Å². The molecule has 0 spiro atoms. The molecule has 22 heavy (non-hydrogen) atoms. The summed E-state index contributed by atoms with van der Waals surface area (Å²) in [5.74, 6) is -1.09. The number of nitrogens with one attached hydrogen (secondary N) is 1. The van der Waals surface area contributed by atoms with E-state index in [0.29, 0.717) is 24.7 Å². The molecule has 8 heteroatoms. The van der Waals surface area contributed by atoms with Gasteiger partial charge in [-0.15, -0.1) is 11.3 Å². The van der Waals surface area contributed by atoms with Gasteiger partial charge in [0, 0.05) is 19.1 Å². The van der Waals surface area contributed by atoms with Crippen LogP contribution in [0.2, 0.25) is 0 Å². The second-order valence-corrected chi connectivity index (χ2v) is 8.75. The van der Waals surface area contributed by atoms with E-state index in [4.69, 9.17) is 5.11 Å². The maximum Gasteiger partial charge on any atom is 0.346 e. The van der Waals surface area contributed by atoms with Crippen LogP contribution in [0, 0.1) is 6.92 Å². The normalized spacial score (nSPS) is 16.5. The number of sulfonamides is 1. The number of hydrogen-bond acceptors (Lipinski definition) is 5. The van der Waals surface area contributed by atoms with Crippen molar-refractivity contribution in [1.29, 1.82) is 0 Å². The molecule has 1 heterocycles. The van der Waals surface area contributed by atoms with Gasteiger partial charge in [-0.1, -0.05) is 12.8 Å². The Morgan fingerprint density at radius 1 is 1.45 bits per heavy atom. The first-order valence-electron chi connectivity index (χ1n) is 7.35. The zero-order chi connectivity index (χ0) is 16.3. The molecule has 0 atom stereocenters. The van der Waals surface area contributed by atoms with E-state index in [1.807, 2.05) is 7.05 Å². The van der Waals surface area contributed by atoms with Gasteiger partial charge < -0.3 is 10.0 Å². The summed E-state index contributed by atoms with van der Waals surface area (Å²) < 4.78 is 27.0. The van der Waals surface area contributed by atoms with E-state index >= 15 is 0 Å². The fourth-order valence-electron chi connectivity index (χ4n) is 2.75. The Bertz CT molecular complexity index is 633. The molecular formula is C14H22N2O4S2. The largest absolute Gasteiger partial charge is 0.477 e. The zero-order valence-corrected chi connectivity index (χ0v) is 14.5. The van der Waals surface area contributed by atoms with E-state index in [1.54, 1.807) is 6.92 Å². The average molecular weight is 346 g/mol. The number of hydrogen-bond donors (Lipinski definition) is 2. The van der Waals surface area contributed by atoms with Gasteiger partial charge in [-0.3, -0.25) is 0 Å². The van der Waals surface area contributed by atoms with Crippen LogP contribution in [-0.4, -0.2) is 50.6 Å². The van der Waals surface area contributed by atoms with Crippen molar-refractivity contribution in [3.63, 3.8) is 0 Å². The minimum absolute atomic E-state index is 0.0610. The van der Waals surface area contributed by atoms with E-state index in [0.717, 1.165) is 11.3 Å². The van der Waals surface area contributed by atoms with Gasteiger partial charge in [0.2, 0.25) is 10.0 Å². The van der Waals surface area contributed by atoms with Crippen molar-refractivity contribution in [2.45, 2.75) is 42.9 Å². The van der Waals surface area contributed by atoms with E-state index in [-0.39, 0.29) is 9.09 Å². The molecule has 124 valence electrons. The number of thiophene rings is 1. The van der Waals surface area contributed by atoms with Crippen LogP contribution in [0.3, 0.4) is 0 Å². The Hall–Kier alpha value is -0.960. The van der Waals surface area contributed by atoms with Crippen molar-refractivity contribution >= 4 is 27.3 Å².